The fourth-order valence-corrected chi connectivity index (χ4v) is 3.61. The van der Waals surface area contributed by atoms with Gasteiger partial charge in [0.2, 0.25) is 0 Å². The van der Waals surface area contributed by atoms with Gasteiger partial charge in [0.25, 0.3) is 5.91 Å². The number of hydrogen-bond acceptors (Lipinski definition) is 5. The number of thiophene rings is 1. The summed E-state index contributed by atoms with van der Waals surface area (Å²) < 4.78 is 1.86. The maximum absolute atomic E-state index is 11.9. The number of carbonyl (C=O) groups is 1. The number of hydrogen-bond donors (Lipinski definition) is 1. The predicted octanol–water partition coefficient (Wildman–Crippen LogP) is 2.31. The fourth-order valence-electron chi connectivity index (χ4n) is 2.86. The SMILES string of the molecule is CC(C)NC(=O)c1cn(C2CCN(Cc3cccs3)CC2)nn1. The van der Waals surface area contributed by atoms with Crippen LogP contribution in [0.5, 0.6) is 0 Å². The van der Waals surface area contributed by atoms with E-state index in [1.54, 1.807) is 6.20 Å². The molecule has 0 radical (unpaired) electrons. The molecule has 0 atom stereocenters. The molecule has 3 rings (SSSR count). The zero-order valence-corrected chi connectivity index (χ0v) is 14.4. The average Bonchev–Trinajstić information content (AvgIpc) is 3.18. The highest BCUT2D eigenvalue weighted by atomic mass is 32.1. The van der Waals surface area contributed by atoms with E-state index in [9.17, 15) is 4.79 Å². The van der Waals surface area contributed by atoms with Gasteiger partial charge in [-0.3, -0.25) is 9.69 Å². The van der Waals surface area contributed by atoms with Gasteiger partial charge in [-0.2, -0.15) is 0 Å². The number of piperidine rings is 1. The van der Waals surface area contributed by atoms with Gasteiger partial charge in [-0.15, -0.1) is 16.4 Å². The lowest BCUT2D eigenvalue weighted by Gasteiger charge is -2.31. The van der Waals surface area contributed by atoms with E-state index in [-0.39, 0.29) is 11.9 Å². The van der Waals surface area contributed by atoms with Gasteiger partial charge in [0.1, 0.15) is 0 Å². The molecule has 2 aromatic rings. The summed E-state index contributed by atoms with van der Waals surface area (Å²) in [7, 11) is 0. The first-order valence-corrected chi connectivity index (χ1v) is 8.97. The second kappa shape index (κ2) is 7.23. The maximum atomic E-state index is 11.9. The van der Waals surface area contributed by atoms with E-state index >= 15 is 0 Å². The smallest absolute Gasteiger partial charge is 0.273 e. The molecule has 6 nitrogen and oxygen atoms in total. The van der Waals surface area contributed by atoms with Gasteiger partial charge in [-0.05, 0) is 38.1 Å². The van der Waals surface area contributed by atoms with E-state index in [0.29, 0.717) is 11.7 Å². The van der Waals surface area contributed by atoms with Gasteiger partial charge in [-0.25, -0.2) is 4.68 Å². The van der Waals surface area contributed by atoms with E-state index in [4.69, 9.17) is 0 Å². The summed E-state index contributed by atoms with van der Waals surface area (Å²) in [6.07, 6.45) is 3.86. The zero-order valence-electron chi connectivity index (χ0n) is 13.6. The molecule has 0 saturated carbocycles. The molecule has 0 aliphatic carbocycles. The Morgan fingerprint density at radius 2 is 2.22 bits per heavy atom. The highest BCUT2D eigenvalue weighted by Crippen LogP contribution is 2.23. The van der Waals surface area contributed by atoms with E-state index in [1.807, 2.05) is 29.9 Å². The van der Waals surface area contributed by atoms with Crippen molar-refractivity contribution in [2.45, 2.75) is 45.3 Å². The van der Waals surface area contributed by atoms with Crippen molar-refractivity contribution in [3.63, 3.8) is 0 Å². The lowest BCUT2D eigenvalue weighted by atomic mass is 10.1. The first-order chi connectivity index (χ1) is 11.1. The molecular weight excluding hydrogens is 310 g/mol. The number of aromatic nitrogens is 3. The zero-order chi connectivity index (χ0) is 16.2. The molecule has 1 amide bonds. The van der Waals surface area contributed by atoms with E-state index in [2.05, 4.69) is 38.0 Å². The number of nitrogens with zero attached hydrogens (tertiary/aromatic N) is 4. The minimum Gasteiger partial charge on any atom is -0.348 e. The Hall–Kier alpha value is -1.73. The molecule has 1 aliphatic heterocycles. The highest BCUT2D eigenvalue weighted by Gasteiger charge is 2.23. The van der Waals surface area contributed by atoms with E-state index in [0.717, 1.165) is 32.5 Å². The number of rotatable bonds is 5. The molecule has 1 N–H and O–H groups in total. The average molecular weight is 333 g/mol. The molecule has 23 heavy (non-hydrogen) atoms. The summed E-state index contributed by atoms with van der Waals surface area (Å²) >= 11 is 1.81. The first kappa shape index (κ1) is 16.1. The van der Waals surface area contributed by atoms with Gasteiger partial charge in [0.15, 0.2) is 5.69 Å². The third-order valence-corrected chi connectivity index (χ3v) is 4.91. The number of nitrogens with one attached hydrogen (secondary N) is 1. The van der Waals surface area contributed by atoms with Crippen LogP contribution in [0.2, 0.25) is 0 Å². The van der Waals surface area contributed by atoms with Gasteiger partial charge in [-0.1, -0.05) is 11.3 Å². The van der Waals surface area contributed by atoms with E-state index < -0.39 is 0 Å². The van der Waals surface area contributed by atoms with Crippen LogP contribution in [0.25, 0.3) is 0 Å². The Balaban J connectivity index is 1.53. The summed E-state index contributed by atoms with van der Waals surface area (Å²) in [4.78, 5) is 15.8. The summed E-state index contributed by atoms with van der Waals surface area (Å²) in [6, 6.07) is 4.73. The Kier molecular flexibility index (Phi) is 5.07. The van der Waals surface area contributed by atoms with Crippen LogP contribution in [0.3, 0.4) is 0 Å². The minimum atomic E-state index is -0.151. The molecule has 0 spiro atoms. The second-order valence-electron chi connectivity index (χ2n) is 6.30. The standard InChI is InChI=1S/C16H23N5OS/c1-12(2)17-16(22)15-11-21(19-18-15)13-5-7-20(8-6-13)10-14-4-3-9-23-14/h3-4,9,11-13H,5-8,10H2,1-2H3,(H,17,22). The van der Waals surface area contributed by atoms with Gasteiger partial charge >= 0.3 is 0 Å². The third kappa shape index (κ3) is 4.17. The highest BCUT2D eigenvalue weighted by molar-refractivity contribution is 7.09. The lowest BCUT2D eigenvalue weighted by molar-refractivity contribution is 0.0938. The summed E-state index contributed by atoms with van der Waals surface area (Å²) in [6.45, 7) is 7.01. The van der Waals surface area contributed by atoms with Crippen LogP contribution < -0.4 is 5.32 Å². The molecule has 2 aromatic heterocycles. The van der Waals surface area contributed by atoms with Crippen molar-refractivity contribution in [1.29, 1.82) is 0 Å². The number of likely N-dealkylation sites (tertiary alicyclic amines) is 1. The summed E-state index contributed by atoms with van der Waals surface area (Å²) in [5.74, 6) is -0.151. The molecule has 0 bridgehead atoms. The Labute approximate surface area is 140 Å². The normalized spacial score (nSPS) is 16.8. The van der Waals surface area contributed by atoms with Crippen LogP contribution in [0.1, 0.15) is 48.1 Å². The molecule has 124 valence electrons. The van der Waals surface area contributed by atoms with Crippen molar-refractivity contribution in [2.24, 2.45) is 0 Å². The Morgan fingerprint density at radius 1 is 1.43 bits per heavy atom. The summed E-state index contributed by atoms with van der Waals surface area (Å²) in [5, 5.41) is 13.1. The molecule has 1 fully saturated rings. The van der Waals surface area contributed by atoms with Crippen molar-refractivity contribution in [3.05, 3.63) is 34.3 Å². The summed E-state index contributed by atoms with van der Waals surface area (Å²) in [5.41, 5.74) is 0.403. The quantitative estimate of drug-likeness (QED) is 0.912. The second-order valence-corrected chi connectivity index (χ2v) is 7.33. The molecule has 0 unspecified atom stereocenters. The van der Waals surface area contributed by atoms with Crippen molar-refractivity contribution >= 4 is 17.2 Å². The maximum Gasteiger partial charge on any atom is 0.273 e. The van der Waals surface area contributed by atoms with Crippen molar-refractivity contribution in [3.8, 4) is 0 Å². The first-order valence-electron chi connectivity index (χ1n) is 8.09. The van der Waals surface area contributed by atoms with Crippen molar-refractivity contribution in [1.82, 2.24) is 25.2 Å². The van der Waals surface area contributed by atoms with Crippen molar-refractivity contribution in [2.75, 3.05) is 13.1 Å². The van der Waals surface area contributed by atoms with E-state index in [1.165, 1.54) is 4.88 Å². The third-order valence-electron chi connectivity index (χ3n) is 4.05. The number of amides is 1. The molecule has 3 heterocycles. The molecule has 1 saturated heterocycles. The minimum absolute atomic E-state index is 0.105. The molecule has 1 aliphatic rings. The lowest BCUT2D eigenvalue weighted by Crippen LogP contribution is -2.34. The van der Waals surface area contributed by atoms with Gasteiger partial charge in [0, 0.05) is 30.6 Å². The largest absolute Gasteiger partial charge is 0.348 e. The van der Waals surface area contributed by atoms with Crippen molar-refractivity contribution < 1.29 is 4.79 Å². The fraction of sp³-hybridized carbons (Fsp3) is 0.562. The van der Waals surface area contributed by atoms with Crippen LogP contribution in [0.4, 0.5) is 0 Å². The topological polar surface area (TPSA) is 63.1 Å². The van der Waals surface area contributed by atoms with Crippen LogP contribution in [-0.4, -0.2) is 44.9 Å². The van der Waals surface area contributed by atoms with Gasteiger partial charge in [0.05, 0.1) is 12.2 Å². The Morgan fingerprint density at radius 3 is 2.87 bits per heavy atom. The van der Waals surface area contributed by atoms with Gasteiger partial charge < -0.3 is 5.32 Å². The molecular formula is C16H23N5OS. The van der Waals surface area contributed by atoms with Crippen LogP contribution >= 0.6 is 11.3 Å². The monoisotopic (exact) mass is 333 g/mol. The number of carbonyl (C=O) groups excluding carboxylic acids is 1. The van der Waals surface area contributed by atoms with Crippen LogP contribution in [0.15, 0.2) is 23.7 Å². The van der Waals surface area contributed by atoms with Crippen LogP contribution in [-0.2, 0) is 6.54 Å². The molecule has 7 heteroatoms. The predicted molar refractivity (Wildman–Crippen MR) is 90.5 cm³/mol. The Bertz CT molecular complexity index is 629. The van der Waals surface area contributed by atoms with Crippen LogP contribution in [0, 0.1) is 0 Å². The molecule has 0 aromatic carbocycles.